The van der Waals surface area contributed by atoms with Crippen LogP contribution in [-0.4, -0.2) is 12.1 Å². The monoisotopic (exact) mass is 300 g/mol. The number of pyridine rings is 1. The van der Waals surface area contributed by atoms with Gasteiger partial charge in [0.25, 0.3) is 0 Å². The largest absolute Gasteiger partial charge is 0.493 e. The molecule has 0 aliphatic carbocycles. The maximum absolute atomic E-state index is 6.01. The topological polar surface area (TPSA) is 57.4 Å². The van der Waals surface area contributed by atoms with E-state index in [2.05, 4.69) is 18.8 Å². The van der Waals surface area contributed by atoms with E-state index in [0.717, 1.165) is 31.2 Å². The molecule has 0 atom stereocenters. The van der Waals surface area contributed by atoms with E-state index in [0.29, 0.717) is 23.2 Å². The van der Waals surface area contributed by atoms with E-state index in [4.69, 9.17) is 15.2 Å². The van der Waals surface area contributed by atoms with Gasteiger partial charge < -0.3 is 15.2 Å². The van der Waals surface area contributed by atoms with Crippen LogP contribution in [0.3, 0.4) is 0 Å². The van der Waals surface area contributed by atoms with Gasteiger partial charge in [0, 0.05) is 6.07 Å². The molecule has 0 aliphatic heterocycles. The Balaban J connectivity index is 2.18. The number of ether oxygens (including phenoxy) is 2. The number of methoxy groups -OCH3 is 1. The highest BCUT2D eigenvalue weighted by atomic mass is 16.5. The van der Waals surface area contributed by atoms with Gasteiger partial charge in [0.15, 0.2) is 11.5 Å². The first-order valence-corrected chi connectivity index (χ1v) is 7.78. The lowest BCUT2D eigenvalue weighted by molar-refractivity contribution is 0.374. The predicted molar refractivity (Wildman–Crippen MR) is 89.7 cm³/mol. The second kappa shape index (κ2) is 7.69. The summed E-state index contributed by atoms with van der Waals surface area (Å²) in [6, 6.07) is 9.75. The van der Waals surface area contributed by atoms with E-state index in [1.54, 1.807) is 7.11 Å². The lowest BCUT2D eigenvalue weighted by Crippen LogP contribution is -2.00. The van der Waals surface area contributed by atoms with Gasteiger partial charge in [0.05, 0.1) is 7.11 Å². The van der Waals surface area contributed by atoms with Crippen molar-refractivity contribution in [3.8, 4) is 17.4 Å². The fraction of sp³-hybridized carbons (Fsp3) is 0.389. The van der Waals surface area contributed by atoms with Crippen LogP contribution >= 0.6 is 0 Å². The van der Waals surface area contributed by atoms with E-state index in [9.17, 15) is 0 Å². The van der Waals surface area contributed by atoms with Gasteiger partial charge in [-0.2, -0.15) is 4.98 Å². The average Bonchev–Trinajstić information content (AvgIpc) is 2.54. The Labute approximate surface area is 132 Å². The molecule has 0 unspecified atom stereocenters. The minimum Gasteiger partial charge on any atom is -0.493 e. The van der Waals surface area contributed by atoms with Crippen LogP contribution in [0.15, 0.2) is 30.3 Å². The molecule has 1 heterocycles. The van der Waals surface area contributed by atoms with Crippen molar-refractivity contribution in [2.24, 2.45) is 0 Å². The van der Waals surface area contributed by atoms with Crippen LogP contribution in [-0.2, 0) is 12.8 Å². The van der Waals surface area contributed by atoms with Crippen molar-refractivity contribution in [3.05, 3.63) is 41.5 Å². The van der Waals surface area contributed by atoms with E-state index in [-0.39, 0.29) is 0 Å². The number of nitrogen functional groups attached to an aromatic ring is 1. The first-order chi connectivity index (χ1) is 10.7. The molecule has 0 saturated carbocycles. The first kappa shape index (κ1) is 16.1. The summed E-state index contributed by atoms with van der Waals surface area (Å²) in [4.78, 5) is 4.34. The van der Waals surface area contributed by atoms with Crippen molar-refractivity contribution >= 4 is 5.82 Å². The lowest BCUT2D eigenvalue weighted by Gasteiger charge is -2.12. The molecule has 2 aromatic rings. The Kier molecular flexibility index (Phi) is 5.64. The molecular formula is C18H24N2O2. The third-order valence-corrected chi connectivity index (χ3v) is 3.64. The first-order valence-electron chi connectivity index (χ1n) is 7.78. The van der Waals surface area contributed by atoms with Crippen molar-refractivity contribution in [1.29, 1.82) is 0 Å². The summed E-state index contributed by atoms with van der Waals surface area (Å²) in [6.07, 6.45) is 4.15. The number of benzene rings is 1. The number of aryl methyl sites for hydroxylation is 2. The molecule has 0 amide bonds. The Morgan fingerprint density at radius 3 is 2.55 bits per heavy atom. The van der Waals surface area contributed by atoms with Crippen molar-refractivity contribution in [2.45, 2.75) is 39.5 Å². The summed E-state index contributed by atoms with van der Waals surface area (Å²) in [5.74, 6) is 2.37. The number of hydrogen-bond donors (Lipinski definition) is 1. The molecule has 4 nitrogen and oxygen atoms in total. The molecule has 0 spiro atoms. The van der Waals surface area contributed by atoms with Crippen molar-refractivity contribution < 1.29 is 9.47 Å². The third-order valence-electron chi connectivity index (χ3n) is 3.64. The Morgan fingerprint density at radius 1 is 1.09 bits per heavy atom. The summed E-state index contributed by atoms with van der Waals surface area (Å²) in [5.41, 5.74) is 8.28. The van der Waals surface area contributed by atoms with Crippen LogP contribution in [0.5, 0.6) is 17.4 Å². The minimum absolute atomic E-state index is 0.486. The van der Waals surface area contributed by atoms with Crippen LogP contribution in [0.2, 0.25) is 0 Å². The molecular weight excluding hydrogens is 276 g/mol. The highest BCUT2D eigenvalue weighted by Crippen LogP contribution is 2.32. The Morgan fingerprint density at radius 2 is 1.91 bits per heavy atom. The highest BCUT2D eigenvalue weighted by molar-refractivity contribution is 5.47. The summed E-state index contributed by atoms with van der Waals surface area (Å²) < 4.78 is 11.2. The van der Waals surface area contributed by atoms with E-state index >= 15 is 0 Å². The van der Waals surface area contributed by atoms with Gasteiger partial charge in [-0.05, 0) is 48.6 Å². The highest BCUT2D eigenvalue weighted by Gasteiger charge is 2.09. The molecule has 1 aromatic heterocycles. The second-order valence-electron chi connectivity index (χ2n) is 5.24. The molecule has 2 N–H and O–H groups in total. The average molecular weight is 300 g/mol. The van der Waals surface area contributed by atoms with Crippen LogP contribution in [0, 0.1) is 0 Å². The Bertz CT molecular complexity index is 626. The van der Waals surface area contributed by atoms with E-state index in [1.807, 2.05) is 30.3 Å². The smallest absolute Gasteiger partial charge is 0.221 e. The third kappa shape index (κ3) is 3.91. The summed E-state index contributed by atoms with van der Waals surface area (Å²) in [7, 11) is 1.64. The van der Waals surface area contributed by atoms with Gasteiger partial charge in [-0.3, -0.25) is 0 Å². The van der Waals surface area contributed by atoms with Crippen molar-refractivity contribution in [1.82, 2.24) is 4.98 Å². The number of anilines is 1. The number of nitrogens with two attached hydrogens (primary N) is 1. The van der Waals surface area contributed by atoms with Crippen molar-refractivity contribution in [2.75, 3.05) is 12.8 Å². The molecule has 0 radical (unpaired) electrons. The zero-order valence-electron chi connectivity index (χ0n) is 13.6. The molecule has 0 aliphatic rings. The van der Waals surface area contributed by atoms with Crippen LogP contribution in [0.1, 0.15) is 37.8 Å². The molecule has 118 valence electrons. The SMILES string of the molecule is CCCCc1ccc(Oc2ccc(CC)cc2OC)nc1N. The zero-order chi connectivity index (χ0) is 15.9. The fourth-order valence-corrected chi connectivity index (χ4v) is 2.25. The molecule has 1 aromatic carbocycles. The second-order valence-corrected chi connectivity index (χ2v) is 5.24. The molecule has 0 fully saturated rings. The number of hydrogen-bond acceptors (Lipinski definition) is 4. The number of rotatable bonds is 7. The quantitative estimate of drug-likeness (QED) is 0.825. The summed E-state index contributed by atoms with van der Waals surface area (Å²) in [5, 5.41) is 0. The Hall–Kier alpha value is -2.23. The van der Waals surface area contributed by atoms with E-state index < -0.39 is 0 Å². The van der Waals surface area contributed by atoms with Crippen LogP contribution in [0.4, 0.5) is 5.82 Å². The van der Waals surface area contributed by atoms with Gasteiger partial charge in [-0.25, -0.2) is 0 Å². The zero-order valence-corrected chi connectivity index (χ0v) is 13.6. The molecule has 4 heteroatoms. The summed E-state index contributed by atoms with van der Waals surface area (Å²) in [6.45, 7) is 4.26. The standard InChI is InChI=1S/C18H24N2O2/c1-4-6-7-14-9-11-17(20-18(14)19)22-15-10-8-13(5-2)12-16(15)21-3/h8-12H,4-7H2,1-3H3,(H2,19,20). The normalized spacial score (nSPS) is 10.5. The van der Waals surface area contributed by atoms with Crippen molar-refractivity contribution in [3.63, 3.8) is 0 Å². The summed E-state index contributed by atoms with van der Waals surface area (Å²) >= 11 is 0. The van der Waals surface area contributed by atoms with Crippen LogP contribution < -0.4 is 15.2 Å². The lowest BCUT2D eigenvalue weighted by atomic mass is 10.1. The molecule has 2 rings (SSSR count). The van der Waals surface area contributed by atoms with E-state index in [1.165, 1.54) is 5.56 Å². The van der Waals surface area contributed by atoms with Crippen LogP contribution in [0.25, 0.3) is 0 Å². The molecule has 0 bridgehead atoms. The van der Waals surface area contributed by atoms with Gasteiger partial charge in [0.1, 0.15) is 5.82 Å². The number of nitrogens with zero attached hydrogens (tertiary/aromatic N) is 1. The van der Waals surface area contributed by atoms with Gasteiger partial charge in [-0.1, -0.05) is 26.3 Å². The fourth-order valence-electron chi connectivity index (χ4n) is 2.25. The predicted octanol–water partition coefficient (Wildman–Crippen LogP) is 4.37. The van der Waals surface area contributed by atoms with Gasteiger partial charge in [-0.15, -0.1) is 0 Å². The maximum atomic E-state index is 6.01. The molecule has 0 saturated heterocycles. The maximum Gasteiger partial charge on any atom is 0.221 e. The molecule has 22 heavy (non-hydrogen) atoms. The van der Waals surface area contributed by atoms with Gasteiger partial charge >= 0.3 is 0 Å². The minimum atomic E-state index is 0.486. The number of unbranched alkanes of at least 4 members (excludes halogenated alkanes) is 1. The van der Waals surface area contributed by atoms with Gasteiger partial charge in [0.2, 0.25) is 5.88 Å². The number of aromatic nitrogens is 1.